The first-order valence-corrected chi connectivity index (χ1v) is 6.01. The molecule has 0 amide bonds. The predicted molar refractivity (Wildman–Crippen MR) is 66.2 cm³/mol. The molecule has 16 heavy (non-hydrogen) atoms. The van der Waals surface area contributed by atoms with E-state index in [1.54, 1.807) is 0 Å². The lowest BCUT2D eigenvalue weighted by atomic mass is 9.87. The average molecular weight is 214 g/mol. The minimum Gasteiger partial charge on any atom is -0.382 e. The minimum absolute atomic E-state index is 0.288. The maximum atomic E-state index is 8.83. The third-order valence-corrected chi connectivity index (χ3v) is 3.30. The lowest BCUT2D eigenvalue weighted by Gasteiger charge is -2.26. The van der Waals surface area contributed by atoms with E-state index in [-0.39, 0.29) is 5.92 Å². The maximum absolute atomic E-state index is 8.83. The van der Waals surface area contributed by atoms with Crippen molar-refractivity contribution in [2.24, 2.45) is 5.92 Å². The molecule has 0 atom stereocenters. The summed E-state index contributed by atoms with van der Waals surface area (Å²) in [6.45, 7) is 2.11. The highest BCUT2D eigenvalue weighted by Crippen LogP contribution is 2.26. The Kier molecular flexibility index (Phi) is 3.46. The summed E-state index contributed by atoms with van der Waals surface area (Å²) in [6, 6.07) is 11.4. The zero-order chi connectivity index (χ0) is 11.4. The third-order valence-electron chi connectivity index (χ3n) is 3.30. The average Bonchev–Trinajstić information content (AvgIpc) is 2.30. The Morgan fingerprint density at radius 3 is 2.62 bits per heavy atom. The van der Waals surface area contributed by atoms with Crippen LogP contribution in [0.1, 0.15) is 31.2 Å². The van der Waals surface area contributed by atoms with Crippen LogP contribution in [-0.2, 0) is 0 Å². The van der Waals surface area contributed by atoms with Crippen LogP contribution in [0.25, 0.3) is 0 Å². The van der Waals surface area contributed by atoms with Gasteiger partial charge in [0, 0.05) is 17.6 Å². The van der Waals surface area contributed by atoms with Crippen molar-refractivity contribution in [3.63, 3.8) is 0 Å². The van der Waals surface area contributed by atoms with Crippen LogP contribution in [-0.4, -0.2) is 6.04 Å². The molecule has 1 aliphatic rings. The molecule has 0 aromatic heterocycles. The van der Waals surface area contributed by atoms with Crippen molar-refractivity contribution in [1.82, 2.24) is 0 Å². The Balaban J connectivity index is 1.90. The first kappa shape index (κ1) is 11.0. The summed E-state index contributed by atoms with van der Waals surface area (Å²) >= 11 is 0. The summed E-state index contributed by atoms with van der Waals surface area (Å²) in [7, 11) is 0. The van der Waals surface area contributed by atoms with Gasteiger partial charge in [0.1, 0.15) is 0 Å². The number of hydrogen-bond donors (Lipinski definition) is 1. The van der Waals surface area contributed by atoms with Crippen molar-refractivity contribution in [2.45, 2.75) is 38.6 Å². The predicted octanol–water partition coefficient (Wildman–Crippen LogP) is 3.49. The Morgan fingerprint density at radius 2 is 2.00 bits per heavy atom. The molecule has 1 saturated carbocycles. The molecule has 1 aromatic rings. The Morgan fingerprint density at radius 1 is 1.25 bits per heavy atom. The van der Waals surface area contributed by atoms with Crippen molar-refractivity contribution in [3.05, 3.63) is 29.8 Å². The van der Waals surface area contributed by atoms with E-state index >= 15 is 0 Å². The molecule has 2 nitrogen and oxygen atoms in total. The summed E-state index contributed by atoms with van der Waals surface area (Å²) in [5.74, 6) is 0.288. The largest absolute Gasteiger partial charge is 0.382 e. The van der Waals surface area contributed by atoms with Crippen molar-refractivity contribution < 1.29 is 0 Å². The van der Waals surface area contributed by atoms with Gasteiger partial charge in [0.05, 0.1) is 6.07 Å². The van der Waals surface area contributed by atoms with Crippen LogP contribution < -0.4 is 5.32 Å². The fourth-order valence-electron chi connectivity index (χ4n) is 2.34. The summed E-state index contributed by atoms with van der Waals surface area (Å²) in [5.41, 5.74) is 2.50. The van der Waals surface area contributed by atoms with E-state index < -0.39 is 0 Å². The molecule has 1 aromatic carbocycles. The summed E-state index contributed by atoms with van der Waals surface area (Å²) < 4.78 is 0. The lowest BCUT2D eigenvalue weighted by molar-refractivity contribution is 0.397. The van der Waals surface area contributed by atoms with Crippen LogP contribution in [0, 0.1) is 24.2 Å². The molecule has 0 aliphatic heterocycles. The summed E-state index contributed by atoms with van der Waals surface area (Å²) in [4.78, 5) is 0. The van der Waals surface area contributed by atoms with E-state index in [2.05, 4.69) is 42.6 Å². The first-order valence-electron chi connectivity index (χ1n) is 6.01. The lowest BCUT2D eigenvalue weighted by Crippen LogP contribution is -2.25. The second-order valence-electron chi connectivity index (χ2n) is 4.69. The molecule has 2 heteroatoms. The summed E-state index contributed by atoms with van der Waals surface area (Å²) in [5, 5.41) is 12.4. The number of rotatable bonds is 2. The molecule has 84 valence electrons. The van der Waals surface area contributed by atoms with E-state index in [1.165, 1.54) is 11.3 Å². The van der Waals surface area contributed by atoms with Crippen LogP contribution in [0.5, 0.6) is 0 Å². The van der Waals surface area contributed by atoms with Gasteiger partial charge in [-0.25, -0.2) is 0 Å². The van der Waals surface area contributed by atoms with Gasteiger partial charge in [-0.05, 0) is 50.3 Å². The minimum atomic E-state index is 0.288. The van der Waals surface area contributed by atoms with Gasteiger partial charge < -0.3 is 5.32 Å². The zero-order valence-electron chi connectivity index (χ0n) is 9.74. The SMILES string of the molecule is Cc1cccc(NC2CCC(C#N)CC2)c1. The van der Waals surface area contributed by atoms with Crippen molar-refractivity contribution in [2.75, 3.05) is 5.32 Å². The number of nitrogens with one attached hydrogen (secondary N) is 1. The molecule has 0 bridgehead atoms. The number of hydrogen-bond acceptors (Lipinski definition) is 2. The molecule has 1 N–H and O–H groups in total. The smallest absolute Gasteiger partial charge is 0.0655 e. The topological polar surface area (TPSA) is 35.8 Å². The highest BCUT2D eigenvalue weighted by Gasteiger charge is 2.20. The third kappa shape index (κ3) is 2.76. The highest BCUT2D eigenvalue weighted by molar-refractivity contribution is 5.46. The van der Waals surface area contributed by atoms with Crippen molar-refractivity contribution in [3.8, 4) is 6.07 Å². The van der Waals surface area contributed by atoms with E-state index in [9.17, 15) is 0 Å². The number of nitriles is 1. The van der Waals surface area contributed by atoms with Gasteiger partial charge in [0.25, 0.3) is 0 Å². The molecular weight excluding hydrogens is 196 g/mol. The Hall–Kier alpha value is -1.49. The Bertz CT molecular complexity index is 384. The molecule has 0 unspecified atom stereocenters. The normalized spacial score (nSPS) is 24.8. The molecule has 0 heterocycles. The zero-order valence-corrected chi connectivity index (χ0v) is 9.74. The van der Waals surface area contributed by atoms with Crippen LogP contribution in [0.2, 0.25) is 0 Å². The first-order chi connectivity index (χ1) is 7.78. The molecular formula is C14H18N2. The maximum Gasteiger partial charge on any atom is 0.0655 e. The van der Waals surface area contributed by atoms with Gasteiger partial charge >= 0.3 is 0 Å². The van der Waals surface area contributed by atoms with Crippen LogP contribution >= 0.6 is 0 Å². The molecule has 0 saturated heterocycles. The van der Waals surface area contributed by atoms with Gasteiger partial charge in [-0.3, -0.25) is 0 Å². The fourth-order valence-corrected chi connectivity index (χ4v) is 2.34. The monoisotopic (exact) mass is 214 g/mol. The van der Waals surface area contributed by atoms with Gasteiger partial charge in [0.15, 0.2) is 0 Å². The number of aryl methyl sites for hydroxylation is 1. The van der Waals surface area contributed by atoms with Gasteiger partial charge in [-0.1, -0.05) is 12.1 Å². The second kappa shape index (κ2) is 5.03. The van der Waals surface area contributed by atoms with Gasteiger partial charge in [0.2, 0.25) is 0 Å². The number of nitrogens with zero attached hydrogens (tertiary/aromatic N) is 1. The molecule has 0 radical (unpaired) electrons. The van der Waals surface area contributed by atoms with Gasteiger partial charge in [-0.2, -0.15) is 5.26 Å². The van der Waals surface area contributed by atoms with Crippen molar-refractivity contribution in [1.29, 1.82) is 5.26 Å². The van der Waals surface area contributed by atoms with Crippen molar-refractivity contribution >= 4 is 5.69 Å². The summed E-state index contributed by atoms with van der Waals surface area (Å²) in [6.07, 6.45) is 4.32. The van der Waals surface area contributed by atoms with Gasteiger partial charge in [-0.15, -0.1) is 0 Å². The van der Waals surface area contributed by atoms with E-state index in [4.69, 9.17) is 5.26 Å². The molecule has 1 fully saturated rings. The number of anilines is 1. The second-order valence-corrected chi connectivity index (χ2v) is 4.69. The molecule has 2 rings (SSSR count). The standard InChI is InChI=1S/C14H18N2/c1-11-3-2-4-14(9-11)16-13-7-5-12(10-15)6-8-13/h2-4,9,12-13,16H,5-8H2,1H3. The molecule has 0 spiro atoms. The van der Waals surface area contributed by atoms with Crippen LogP contribution in [0.3, 0.4) is 0 Å². The molecule has 1 aliphatic carbocycles. The Labute approximate surface area is 97.3 Å². The quantitative estimate of drug-likeness (QED) is 0.818. The van der Waals surface area contributed by atoms with E-state index in [0.29, 0.717) is 6.04 Å². The van der Waals surface area contributed by atoms with E-state index in [0.717, 1.165) is 25.7 Å². The fraction of sp³-hybridized carbons (Fsp3) is 0.500. The highest BCUT2D eigenvalue weighted by atomic mass is 14.9. The van der Waals surface area contributed by atoms with Crippen LogP contribution in [0.4, 0.5) is 5.69 Å². The van der Waals surface area contributed by atoms with Crippen LogP contribution in [0.15, 0.2) is 24.3 Å². The van der Waals surface area contributed by atoms with E-state index in [1.807, 2.05) is 0 Å². The number of benzene rings is 1.